The van der Waals surface area contributed by atoms with E-state index in [0.29, 0.717) is 27.2 Å². The molecule has 2 aromatic carbocycles. The fraction of sp³-hybridized carbons (Fsp3) is 0.143. The van der Waals surface area contributed by atoms with Crippen LogP contribution in [0.4, 0.5) is 0 Å². The maximum Gasteiger partial charge on any atom is 0.356 e. The van der Waals surface area contributed by atoms with Gasteiger partial charge in [-0.05, 0) is 66.8 Å². The van der Waals surface area contributed by atoms with Gasteiger partial charge in [-0.25, -0.2) is 9.48 Å². The number of hydrogen-bond donors (Lipinski definition) is 1. The summed E-state index contributed by atoms with van der Waals surface area (Å²) in [6.07, 6.45) is 4.36. The highest BCUT2D eigenvalue weighted by molar-refractivity contribution is 6.35. The van der Waals surface area contributed by atoms with Crippen molar-refractivity contribution in [1.82, 2.24) is 9.78 Å². The van der Waals surface area contributed by atoms with E-state index in [9.17, 15) is 9.90 Å². The molecule has 0 bridgehead atoms. The smallest absolute Gasteiger partial charge is 0.356 e. The Kier molecular flexibility index (Phi) is 5.19. The minimum absolute atomic E-state index is 0.0581. The minimum atomic E-state index is -1.05. The summed E-state index contributed by atoms with van der Waals surface area (Å²) >= 11 is 18.4. The summed E-state index contributed by atoms with van der Waals surface area (Å²) in [7, 11) is 0. The summed E-state index contributed by atoms with van der Waals surface area (Å²) in [5.41, 5.74) is 4.16. The number of aromatic nitrogens is 2. The summed E-state index contributed by atoms with van der Waals surface area (Å²) in [4.78, 5) is 11.8. The lowest BCUT2D eigenvalue weighted by Crippen LogP contribution is -2.08. The number of carboxylic acids is 1. The number of halogens is 3. The molecular weight excluding hydrogens is 419 g/mol. The number of fused-ring (bicyclic) bond motifs is 1. The molecule has 0 amide bonds. The molecular formula is C21H15Cl3N2O2. The molecule has 0 saturated carbocycles. The first kappa shape index (κ1) is 19.1. The lowest BCUT2D eigenvalue weighted by Gasteiger charge is -2.19. The van der Waals surface area contributed by atoms with Crippen molar-refractivity contribution < 1.29 is 9.90 Å². The standard InChI is InChI=1S/C21H15Cl3N2O2/c22-14-6-4-12(5-7-14)10-13-2-1-3-16-19(21(27)28)25-26(20(13)16)18-9-8-15(23)11-17(18)24/h4-11H,1-3H2,(H,27,28). The Labute approximate surface area is 177 Å². The van der Waals surface area contributed by atoms with E-state index < -0.39 is 5.97 Å². The van der Waals surface area contributed by atoms with E-state index >= 15 is 0 Å². The average molecular weight is 434 g/mol. The van der Waals surface area contributed by atoms with Crippen LogP contribution >= 0.6 is 34.8 Å². The third kappa shape index (κ3) is 3.55. The van der Waals surface area contributed by atoms with Crippen molar-refractivity contribution in [2.24, 2.45) is 0 Å². The molecule has 142 valence electrons. The number of nitrogens with zero attached hydrogens (tertiary/aromatic N) is 2. The molecule has 1 aliphatic carbocycles. The minimum Gasteiger partial charge on any atom is -0.476 e. The Morgan fingerprint density at radius 2 is 1.75 bits per heavy atom. The molecule has 4 nitrogen and oxygen atoms in total. The van der Waals surface area contributed by atoms with E-state index in [1.54, 1.807) is 22.9 Å². The first-order valence-corrected chi connectivity index (χ1v) is 9.84. The van der Waals surface area contributed by atoms with E-state index in [0.717, 1.165) is 35.2 Å². The van der Waals surface area contributed by atoms with Gasteiger partial charge in [0.2, 0.25) is 0 Å². The molecule has 4 rings (SSSR count). The highest BCUT2D eigenvalue weighted by Crippen LogP contribution is 2.37. The van der Waals surface area contributed by atoms with Crippen molar-refractivity contribution in [3.05, 3.63) is 80.0 Å². The van der Waals surface area contributed by atoms with Crippen LogP contribution in [-0.4, -0.2) is 20.9 Å². The topological polar surface area (TPSA) is 55.1 Å². The number of allylic oxidation sites excluding steroid dienone is 1. The monoisotopic (exact) mass is 432 g/mol. The van der Waals surface area contributed by atoms with Crippen molar-refractivity contribution in [2.75, 3.05) is 0 Å². The Bertz CT molecular complexity index is 1100. The molecule has 28 heavy (non-hydrogen) atoms. The first-order chi connectivity index (χ1) is 13.4. The number of rotatable bonds is 3. The Balaban J connectivity index is 1.94. The molecule has 0 fully saturated rings. The van der Waals surface area contributed by atoms with Gasteiger partial charge in [-0.2, -0.15) is 5.10 Å². The van der Waals surface area contributed by atoms with Gasteiger partial charge in [0.15, 0.2) is 5.69 Å². The van der Waals surface area contributed by atoms with Crippen LogP contribution in [0.25, 0.3) is 17.3 Å². The Hall–Kier alpha value is -2.27. The van der Waals surface area contributed by atoms with Crippen LogP contribution in [0.15, 0.2) is 42.5 Å². The zero-order valence-corrected chi connectivity index (χ0v) is 16.9. The molecule has 1 heterocycles. The summed E-state index contributed by atoms with van der Waals surface area (Å²) in [5.74, 6) is -1.05. The van der Waals surface area contributed by atoms with Gasteiger partial charge in [0, 0.05) is 15.6 Å². The second-order valence-corrected chi connectivity index (χ2v) is 7.84. The third-order valence-electron chi connectivity index (χ3n) is 4.71. The van der Waals surface area contributed by atoms with Gasteiger partial charge in [0.25, 0.3) is 0 Å². The van der Waals surface area contributed by atoms with Crippen LogP contribution < -0.4 is 0 Å². The summed E-state index contributed by atoms with van der Waals surface area (Å²) < 4.78 is 1.62. The van der Waals surface area contributed by atoms with Crippen molar-refractivity contribution in [3.8, 4) is 5.69 Å². The van der Waals surface area contributed by atoms with Gasteiger partial charge in [-0.1, -0.05) is 46.9 Å². The summed E-state index contributed by atoms with van der Waals surface area (Å²) in [5, 5.41) is 15.6. The van der Waals surface area contributed by atoms with Crippen LogP contribution in [0.5, 0.6) is 0 Å². The van der Waals surface area contributed by atoms with Gasteiger partial charge in [0.1, 0.15) is 0 Å². The number of hydrogen-bond acceptors (Lipinski definition) is 2. The molecule has 1 aromatic heterocycles. The fourth-order valence-electron chi connectivity index (χ4n) is 3.49. The van der Waals surface area contributed by atoms with Crippen LogP contribution in [0.2, 0.25) is 15.1 Å². The SMILES string of the molecule is O=C(O)c1nn(-c2ccc(Cl)cc2Cl)c2c1CCCC2=Cc1ccc(Cl)cc1. The summed E-state index contributed by atoms with van der Waals surface area (Å²) in [6, 6.07) is 12.6. The van der Waals surface area contributed by atoms with Crippen molar-refractivity contribution in [2.45, 2.75) is 19.3 Å². The highest BCUT2D eigenvalue weighted by atomic mass is 35.5. The Morgan fingerprint density at radius 3 is 2.43 bits per heavy atom. The van der Waals surface area contributed by atoms with Gasteiger partial charge in [-0.15, -0.1) is 0 Å². The predicted molar refractivity (Wildman–Crippen MR) is 113 cm³/mol. The normalized spacial score (nSPS) is 14.9. The lowest BCUT2D eigenvalue weighted by molar-refractivity contribution is 0.0688. The maximum absolute atomic E-state index is 11.8. The molecule has 3 aromatic rings. The predicted octanol–water partition coefficient (Wildman–Crippen LogP) is 6.41. The Morgan fingerprint density at radius 1 is 1.04 bits per heavy atom. The highest BCUT2D eigenvalue weighted by Gasteiger charge is 2.28. The molecule has 0 spiro atoms. The molecule has 7 heteroatoms. The maximum atomic E-state index is 11.8. The van der Waals surface area contributed by atoms with E-state index in [4.69, 9.17) is 34.8 Å². The zero-order chi connectivity index (χ0) is 19.8. The van der Waals surface area contributed by atoms with Gasteiger partial charge >= 0.3 is 5.97 Å². The third-order valence-corrected chi connectivity index (χ3v) is 5.50. The second kappa shape index (κ2) is 7.63. The molecule has 0 atom stereocenters. The van der Waals surface area contributed by atoms with E-state index in [-0.39, 0.29) is 5.69 Å². The average Bonchev–Trinajstić information content (AvgIpc) is 3.04. The number of carboxylic acid groups (broad SMARTS) is 1. The lowest BCUT2D eigenvalue weighted by atomic mass is 9.90. The second-order valence-electron chi connectivity index (χ2n) is 6.56. The fourth-order valence-corrected chi connectivity index (χ4v) is 4.11. The van der Waals surface area contributed by atoms with Gasteiger partial charge in [0.05, 0.1) is 16.4 Å². The van der Waals surface area contributed by atoms with Crippen LogP contribution in [-0.2, 0) is 6.42 Å². The van der Waals surface area contributed by atoms with E-state index in [1.807, 2.05) is 30.3 Å². The van der Waals surface area contributed by atoms with Crippen molar-refractivity contribution >= 4 is 52.4 Å². The first-order valence-electron chi connectivity index (χ1n) is 8.71. The number of benzene rings is 2. The molecule has 1 N–H and O–H groups in total. The van der Waals surface area contributed by atoms with E-state index in [2.05, 4.69) is 5.10 Å². The van der Waals surface area contributed by atoms with Crippen molar-refractivity contribution in [1.29, 1.82) is 0 Å². The number of aromatic carboxylic acids is 1. The molecule has 0 unspecified atom stereocenters. The van der Waals surface area contributed by atoms with Crippen LogP contribution in [0, 0.1) is 0 Å². The molecule has 0 radical (unpaired) electrons. The van der Waals surface area contributed by atoms with E-state index in [1.165, 1.54) is 0 Å². The van der Waals surface area contributed by atoms with Gasteiger partial charge < -0.3 is 5.11 Å². The van der Waals surface area contributed by atoms with Crippen molar-refractivity contribution in [3.63, 3.8) is 0 Å². The number of carbonyl (C=O) groups is 1. The zero-order valence-electron chi connectivity index (χ0n) is 14.6. The molecule has 1 aliphatic rings. The van der Waals surface area contributed by atoms with Gasteiger partial charge in [-0.3, -0.25) is 0 Å². The molecule has 0 saturated heterocycles. The molecule has 0 aliphatic heterocycles. The largest absolute Gasteiger partial charge is 0.476 e. The quantitative estimate of drug-likeness (QED) is 0.519. The summed E-state index contributed by atoms with van der Waals surface area (Å²) in [6.45, 7) is 0. The van der Waals surface area contributed by atoms with Crippen LogP contribution in [0.3, 0.4) is 0 Å². The van der Waals surface area contributed by atoms with Crippen LogP contribution in [0.1, 0.15) is 40.2 Å².